The van der Waals surface area contributed by atoms with Crippen LogP contribution in [0.5, 0.6) is 5.75 Å². The molecule has 2 aromatic carbocycles. The molecule has 3 N–H and O–H groups in total. The number of hydrogen-bond donors (Lipinski definition) is 2. The van der Waals surface area contributed by atoms with Gasteiger partial charge < -0.3 is 10.8 Å². The van der Waals surface area contributed by atoms with Gasteiger partial charge in [-0.15, -0.1) is 10.2 Å². The van der Waals surface area contributed by atoms with E-state index in [9.17, 15) is 5.11 Å². The van der Waals surface area contributed by atoms with Crippen molar-refractivity contribution < 1.29 is 5.11 Å². The molecule has 0 unspecified atom stereocenters. The number of nitrogens with two attached hydrogens (primary N) is 1. The molecule has 5 nitrogen and oxygen atoms in total. The summed E-state index contributed by atoms with van der Waals surface area (Å²) >= 11 is 6.16. The first-order valence-electron chi connectivity index (χ1n) is 5.94. The molecule has 1 aromatic heterocycles. The molecule has 0 aliphatic rings. The molecular weight excluding hydrogens is 276 g/mol. The largest absolute Gasteiger partial charge is 0.507 e. The van der Waals surface area contributed by atoms with E-state index in [1.54, 1.807) is 24.3 Å². The molecule has 0 amide bonds. The van der Waals surface area contributed by atoms with E-state index in [-0.39, 0.29) is 11.7 Å². The fourth-order valence-corrected chi connectivity index (χ4v) is 2.45. The fraction of sp³-hybridized carbons (Fsp3) is 0.0714. The van der Waals surface area contributed by atoms with Crippen LogP contribution in [0.3, 0.4) is 0 Å². The third kappa shape index (κ3) is 2.02. The van der Waals surface area contributed by atoms with Gasteiger partial charge in [0, 0.05) is 5.56 Å². The molecule has 20 heavy (non-hydrogen) atoms. The minimum Gasteiger partial charge on any atom is -0.507 e. The average Bonchev–Trinajstić information content (AvgIpc) is 2.39. The number of hydrogen-bond acceptors (Lipinski definition) is 5. The van der Waals surface area contributed by atoms with Crippen molar-refractivity contribution in [2.75, 3.05) is 5.73 Å². The van der Waals surface area contributed by atoms with Crippen molar-refractivity contribution in [2.45, 2.75) is 6.92 Å². The number of benzene rings is 2. The maximum absolute atomic E-state index is 10.00. The van der Waals surface area contributed by atoms with E-state index in [1.165, 1.54) is 0 Å². The zero-order chi connectivity index (χ0) is 14.3. The Kier molecular flexibility index (Phi) is 2.91. The predicted octanol–water partition coefficient (Wildman–Crippen LogP) is 2.94. The molecule has 0 saturated heterocycles. The van der Waals surface area contributed by atoms with Crippen molar-refractivity contribution in [1.82, 2.24) is 15.2 Å². The van der Waals surface area contributed by atoms with Crippen molar-refractivity contribution in [2.24, 2.45) is 0 Å². The highest BCUT2D eigenvalue weighted by Crippen LogP contribution is 2.37. The summed E-state index contributed by atoms with van der Waals surface area (Å²) in [6, 6.07) is 8.67. The molecule has 3 rings (SSSR count). The van der Waals surface area contributed by atoms with Crippen LogP contribution in [0.15, 0.2) is 30.3 Å². The van der Waals surface area contributed by atoms with E-state index in [0.717, 1.165) is 11.1 Å². The van der Waals surface area contributed by atoms with E-state index in [1.807, 2.05) is 13.0 Å². The Labute approximate surface area is 120 Å². The van der Waals surface area contributed by atoms with Crippen LogP contribution in [0, 0.1) is 6.92 Å². The summed E-state index contributed by atoms with van der Waals surface area (Å²) in [6.45, 7) is 1.90. The van der Waals surface area contributed by atoms with Gasteiger partial charge in [-0.25, -0.2) is 4.98 Å². The van der Waals surface area contributed by atoms with Crippen LogP contribution in [-0.2, 0) is 0 Å². The molecule has 100 valence electrons. The summed E-state index contributed by atoms with van der Waals surface area (Å²) in [6.07, 6.45) is 0. The SMILES string of the molecule is Cc1cc(-c2c(O)cccc2Cl)cc2nnc(N)nc12. The van der Waals surface area contributed by atoms with Crippen LogP contribution in [0.4, 0.5) is 5.95 Å². The molecule has 1 heterocycles. The van der Waals surface area contributed by atoms with Crippen molar-refractivity contribution >= 4 is 28.6 Å². The number of phenols is 1. The Balaban J connectivity index is 2.31. The zero-order valence-corrected chi connectivity index (χ0v) is 11.4. The summed E-state index contributed by atoms with van der Waals surface area (Å²) in [5.74, 6) is 0.251. The quantitative estimate of drug-likeness (QED) is 0.718. The highest BCUT2D eigenvalue weighted by molar-refractivity contribution is 6.33. The van der Waals surface area contributed by atoms with Crippen LogP contribution in [0.25, 0.3) is 22.2 Å². The maximum atomic E-state index is 10.00. The fourth-order valence-electron chi connectivity index (χ4n) is 2.17. The summed E-state index contributed by atoms with van der Waals surface area (Å²) in [7, 11) is 0. The van der Waals surface area contributed by atoms with Gasteiger partial charge in [0.05, 0.1) is 10.5 Å². The number of halogens is 1. The lowest BCUT2D eigenvalue weighted by molar-refractivity contribution is 0.477. The summed E-state index contributed by atoms with van der Waals surface area (Å²) in [5, 5.41) is 18.2. The summed E-state index contributed by atoms with van der Waals surface area (Å²) in [5.41, 5.74) is 9.05. The van der Waals surface area contributed by atoms with Gasteiger partial charge in [0.2, 0.25) is 5.95 Å². The number of phenolic OH excluding ortho intramolecular Hbond substituents is 1. The van der Waals surface area contributed by atoms with Gasteiger partial charge in [0.15, 0.2) is 0 Å². The van der Waals surface area contributed by atoms with Crippen LogP contribution < -0.4 is 5.73 Å². The number of aromatic nitrogens is 3. The lowest BCUT2D eigenvalue weighted by Gasteiger charge is -2.09. The number of anilines is 1. The molecule has 0 saturated carbocycles. The average molecular weight is 287 g/mol. The van der Waals surface area contributed by atoms with E-state index in [0.29, 0.717) is 21.6 Å². The molecule has 6 heteroatoms. The predicted molar refractivity (Wildman–Crippen MR) is 78.6 cm³/mol. The minimum absolute atomic E-state index is 0.118. The third-order valence-corrected chi connectivity index (χ3v) is 3.36. The second kappa shape index (κ2) is 4.61. The molecule has 0 atom stereocenters. The highest BCUT2D eigenvalue weighted by Gasteiger charge is 2.12. The van der Waals surface area contributed by atoms with Crippen LogP contribution in [0.2, 0.25) is 5.02 Å². The first kappa shape index (κ1) is 12.6. The molecule has 0 spiro atoms. The van der Waals surface area contributed by atoms with E-state index in [2.05, 4.69) is 15.2 Å². The van der Waals surface area contributed by atoms with Crippen molar-refractivity contribution in [3.8, 4) is 16.9 Å². The Morgan fingerprint density at radius 2 is 2.00 bits per heavy atom. The Hall–Kier alpha value is -2.40. The molecule has 3 aromatic rings. The highest BCUT2D eigenvalue weighted by atomic mass is 35.5. The monoisotopic (exact) mass is 286 g/mol. The van der Waals surface area contributed by atoms with Gasteiger partial charge in [0.1, 0.15) is 11.3 Å². The lowest BCUT2D eigenvalue weighted by atomic mass is 10.0. The molecule has 0 radical (unpaired) electrons. The topological polar surface area (TPSA) is 84.9 Å². The Bertz CT molecular complexity index is 799. The van der Waals surface area contributed by atoms with Gasteiger partial charge in [-0.05, 0) is 42.3 Å². The normalized spacial score (nSPS) is 10.9. The number of nitrogens with zero attached hydrogens (tertiary/aromatic N) is 3. The lowest BCUT2D eigenvalue weighted by Crippen LogP contribution is -1.99. The van der Waals surface area contributed by atoms with E-state index < -0.39 is 0 Å². The number of rotatable bonds is 1. The zero-order valence-electron chi connectivity index (χ0n) is 10.6. The second-order valence-corrected chi connectivity index (χ2v) is 4.87. The first-order valence-corrected chi connectivity index (χ1v) is 6.32. The summed E-state index contributed by atoms with van der Waals surface area (Å²) < 4.78 is 0. The first-order chi connectivity index (χ1) is 9.56. The van der Waals surface area contributed by atoms with Gasteiger partial charge >= 0.3 is 0 Å². The number of nitrogen functional groups attached to an aromatic ring is 1. The molecule has 0 fully saturated rings. The minimum atomic E-state index is 0.118. The Morgan fingerprint density at radius 3 is 2.75 bits per heavy atom. The number of aromatic hydroxyl groups is 1. The molecular formula is C14H11ClN4O. The molecule has 0 bridgehead atoms. The van der Waals surface area contributed by atoms with Gasteiger partial charge in [0.25, 0.3) is 0 Å². The summed E-state index contributed by atoms with van der Waals surface area (Å²) in [4.78, 5) is 4.16. The maximum Gasteiger partial charge on any atom is 0.240 e. The molecule has 0 aliphatic heterocycles. The number of fused-ring (bicyclic) bond motifs is 1. The number of aryl methyl sites for hydroxylation is 1. The standard InChI is InChI=1S/C14H11ClN4O/c1-7-5-8(12-9(15)3-2-4-11(12)20)6-10-13(7)17-14(16)19-18-10/h2-6,20H,1H3,(H2,16,17,19). The van der Waals surface area contributed by atoms with Crippen molar-refractivity contribution in [3.05, 3.63) is 40.9 Å². The van der Waals surface area contributed by atoms with Crippen molar-refractivity contribution in [1.29, 1.82) is 0 Å². The van der Waals surface area contributed by atoms with E-state index >= 15 is 0 Å². The van der Waals surface area contributed by atoms with Crippen molar-refractivity contribution in [3.63, 3.8) is 0 Å². The van der Waals surface area contributed by atoms with Gasteiger partial charge in [-0.1, -0.05) is 17.7 Å². The van der Waals surface area contributed by atoms with Crippen LogP contribution >= 0.6 is 11.6 Å². The van der Waals surface area contributed by atoms with Crippen LogP contribution in [0.1, 0.15) is 5.56 Å². The van der Waals surface area contributed by atoms with Gasteiger partial charge in [-0.3, -0.25) is 0 Å². The third-order valence-electron chi connectivity index (χ3n) is 3.05. The second-order valence-electron chi connectivity index (χ2n) is 4.46. The smallest absolute Gasteiger partial charge is 0.240 e. The Morgan fingerprint density at radius 1 is 1.20 bits per heavy atom. The molecule has 0 aliphatic carbocycles. The van der Waals surface area contributed by atoms with E-state index in [4.69, 9.17) is 17.3 Å². The van der Waals surface area contributed by atoms with Gasteiger partial charge in [-0.2, -0.15) is 0 Å². The van der Waals surface area contributed by atoms with Crippen LogP contribution in [-0.4, -0.2) is 20.3 Å².